The Kier molecular flexibility index (Phi) is 4.87. The number of hydrogen-bond donors (Lipinski definition) is 1. The third-order valence-corrected chi connectivity index (χ3v) is 6.08. The number of piperazine rings is 1. The summed E-state index contributed by atoms with van der Waals surface area (Å²) in [6, 6.07) is 12.5. The number of nitrogens with zero attached hydrogens (tertiary/aromatic N) is 4. The van der Waals surface area contributed by atoms with Crippen LogP contribution < -0.4 is 10.2 Å². The second-order valence-electron chi connectivity index (χ2n) is 8.51. The number of carbonyl (C=O) groups excluding carboxylic acids is 1. The number of likely N-dealkylation sites (N-methyl/N-ethyl adjacent to an activating group) is 1. The zero-order chi connectivity index (χ0) is 20.7. The summed E-state index contributed by atoms with van der Waals surface area (Å²) in [4.78, 5) is 26.5. The SMILES string of the molecule is Cc1ccc(C(=O)NC2CC2)cc1-c1ccc2nc(N3CCN(C)CC3)ncc2c1. The monoisotopic (exact) mass is 401 g/mol. The van der Waals surface area contributed by atoms with Crippen LogP contribution in [0.2, 0.25) is 0 Å². The maximum atomic E-state index is 12.5. The molecule has 30 heavy (non-hydrogen) atoms. The summed E-state index contributed by atoms with van der Waals surface area (Å²) in [6.45, 7) is 6.05. The minimum Gasteiger partial charge on any atom is -0.349 e. The van der Waals surface area contributed by atoms with Gasteiger partial charge in [-0.15, -0.1) is 0 Å². The zero-order valence-corrected chi connectivity index (χ0v) is 17.6. The summed E-state index contributed by atoms with van der Waals surface area (Å²) >= 11 is 0. The van der Waals surface area contributed by atoms with Gasteiger partial charge in [0.1, 0.15) is 0 Å². The van der Waals surface area contributed by atoms with E-state index >= 15 is 0 Å². The molecular formula is C24H27N5O. The Morgan fingerprint density at radius 1 is 1.07 bits per heavy atom. The summed E-state index contributed by atoms with van der Waals surface area (Å²) in [5.74, 6) is 0.818. The number of aryl methyl sites for hydroxylation is 1. The van der Waals surface area contributed by atoms with Crippen molar-refractivity contribution in [2.75, 3.05) is 38.1 Å². The Labute approximate surface area is 176 Å². The number of anilines is 1. The predicted molar refractivity (Wildman–Crippen MR) is 120 cm³/mol. The minimum absolute atomic E-state index is 0.0136. The van der Waals surface area contributed by atoms with Crippen molar-refractivity contribution in [3.63, 3.8) is 0 Å². The van der Waals surface area contributed by atoms with Crippen molar-refractivity contribution in [3.8, 4) is 11.1 Å². The molecule has 2 heterocycles. The number of fused-ring (bicyclic) bond motifs is 1. The molecule has 0 bridgehead atoms. The number of rotatable bonds is 4. The molecular weight excluding hydrogens is 374 g/mol. The number of nitrogens with one attached hydrogen (secondary N) is 1. The summed E-state index contributed by atoms with van der Waals surface area (Å²) in [5.41, 5.74) is 4.96. The third-order valence-electron chi connectivity index (χ3n) is 6.08. The lowest BCUT2D eigenvalue weighted by molar-refractivity contribution is 0.0951. The normalized spacial score (nSPS) is 17.3. The first kappa shape index (κ1) is 19.0. The highest BCUT2D eigenvalue weighted by Crippen LogP contribution is 2.28. The van der Waals surface area contributed by atoms with Crippen molar-refractivity contribution in [2.24, 2.45) is 0 Å². The minimum atomic E-state index is 0.0136. The van der Waals surface area contributed by atoms with Crippen LogP contribution in [0.15, 0.2) is 42.6 Å². The molecule has 2 aromatic carbocycles. The van der Waals surface area contributed by atoms with E-state index in [0.29, 0.717) is 11.6 Å². The molecule has 0 atom stereocenters. The standard InChI is InChI=1S/C24H27N5O/c1-16-3-4-18(23(30)26-20-6-7-20)14-21(16)17-5-8-22-19(13-17)15-25-24(27-22)29-11-9-28(2)10-12-29/h3-5,8,13-15,20H,6-7,9-12H2,1-2H3,(H,26,30). The highest BCUT2D eigenvalue weighted by atomic mass is 16.1. The molecule has 1 N–H and O–H groups in total. The summed E-state index contributed by atoms with van der Waals surface area (Å²) in [6.07, 6.45) is 4.09. The molecule has 1 aliphatic carbocycles. The first-order valence-corrected chi connectivity index (χ1v) is 10.7. The number of carbonyl (C=O) groups is 1. The fraction of sp³-hybridized carbons (Fsp3) is 0.375. The summed E-state index contributed by atoms with van der Waals surface area (Å²) < 4.78 is 0. The molecule has 0 spiro atoms. The average molecular weight is 402 g/mol. The first-order valence-electron chi connectivity index (χ1n) is 10.7. The van der Waals surface area contributed by atoms with Gasteiger partial charge in [0.15, 0.2) is 0 Å². The van der Waals surface area contributed by atoms with Crippen LogP contribution in [0, 0.1) is 6.92 Å². The van der Waals surface area contributed by atoms with Crippen LogP contribution >= 0.6 is 0 Å². The van der Waals surface area contributed by atoms with Gasteiger partial charge < -0.3 is 15.1 Å². The Morgan fingerprint density at radius 2 is 1.87 bits per heavy atom. The van der Waals surface area contributed by atoms with Gasteiger partial charge in [-0.25, -0.2) is 9.97 Å². The van der Waals surface area contributed by atoms with Gasteiger partial charge in [0.05, 0.1) is 5.52 Å². The number of hydrogen-bond acceptors (Lipinski definition) is 5. The number of amides is 1. The maximum absolute atomic E-state index is 12.5. The van der Waals surface area contributed by atoms with Crippen LogP contribution in [0.5, 0.6) is 0 Å². The third kappa shape index (κ3) is 3.87. The summed E-state index contributed by atoms with van der Waals surface area (Å²) in [7, 11) is 2.15. The van der Waals surface area contributed by atoms with Crippen molar-refractivity contribution in [1.29, 1.82) is 0 Å². The van der Waals surface area contributed by atoms with Crippen LogP contribution in [-0.4, -0.2) is 60.0 Å². The van der Waals surface area contributed by atoms with E-state index in [1.807, 2.05) is 24.4 Å². The van der Waals surface area contributed by atoms with E-state index in [0.717, 1.165) is 72.6 Å². The van der Waals surface area contributed by atoms with Gasteiger partial charge in [-0.1, -0.05) is 12.1 Å². The highest BCUT2D eigenvalue weighted by Gasteiger charge is 2.24. The zero-order valence-electron chi connectivity index (χ0n) is 17.6. The lowest BCUT2D eigenvalue weighted by Crippen LogP contribution is -2.45. The molecule has 1 saturated carbocycles. The van der Waals surface area contributed by atoms with E-state index in [4.69, 9.17) is 4.98 Å². The molecule has 154 valence electrons. The van der Waals surface area contributed by atoms with Gasteiger partial charge in [0, 0.05) is 49.4 Å². The molecule has 1 aromatic heterocycles. The predicted octanol–water partition coefficient (Wildman–Crippen LogP) is 3.25. The molecule has 0 unspecified atom stereocenters. The molecule has 2 aliphatic rings. The van der Waals surface area contributed by atoms with Crippen molar-refractivity contribution < 1.29 is 4.79 Å². The van der Waals surface area contributed by atoms with E-state index in [1.54, 1.807) is 0 Å². The molecule has 1 aliphatic heterocycles. The van der Waals surface area contributed by atoms with E-state index < -0.39 is 0 Å². The lowest BCUT2D eigenvalue weighted by Gasteiger charge is -2.32. The second-order valence-corrected chi connectivity index (χ2v) is 8.51. The molecule has 2 fully saturated rings. The Bertz CT molecular complexity index is 1100. The Morgan fingerprint density at radius 3 is 2.63 bits per heavy atom. The molecule has 3 aromatic rings. The molecule has 6 nitrogen and oxygen atoms in total. The Balaban J connectivity index is 1.43. The molecule has 6 heteroatoms. The van der Waals surface area contributed by atoms with Gasteiger partial charge in [0.25, 0.3) is 5.91 Å². The van der Waals surface area contributed by atoms with Gasteiger partial charge in [-0.3, -0.25) is 4.79 Å². The molecule has 1 saturated heterocycles. The fourth-order valence-electron chi connectivity index (χ4n) is 3.92. The molecule has 1 amide bonds. The van der Waals surface area contributed by atoms with E-state index in [1.165, 1.54) is 0 Å². The van der Waals surface area contributed by atoms with Crippen molar-refractivity contribution >= 4 is 22.8 Å². The van der Waals surface area contributed by atoms with Gasteiger partial charge in [-0.05, 0) is 67.8 Å². The smallest absolute Gasteiger partial charge is 0.251 e. The number of aromatic nitrogens is 2. The average Bonchev–Trinajstić information content (AvgIpc) is 3.58. The van der Waals surface area contributed by atoms with Crippen LogP contribution in [0.3, 0.4) is 0 Å². The Hall–Kier alpha value is -2.99. The number of benzene rings is 2. The van der Waals surface area contributed by atoms with Gasteiger partial charge >= 0.3 is 0 Å². The van der Waals surface area contributed by atoms with Gasteiger partial charge in [-0.2, -0.15) is 0 Å². The topological polar surface area (TPSA) is 61.4 Å². The van der Waals surface area contributed by atoms with E-state index in [9.17, 15) is 4.79 Å². The molecule has 5 rings (SSSR count). The highest BCUT2D eigenvalue weighted by molar-refractivity contribution is 5.96. The van der Waals surface area contributed by atoms with Gasteiger partial charge in [0.2, 0.25) is 5.95 Å². The van der Waals surface area contributed by atoms with Crippen molar-refractivity contribution in [1.82, 2.24) is 20.2 Å². The quantitative estimate of drug-likeness (QED) is 0.727. The van der Waals surface area contributed by atoms with Crippen molar-refractivity contribution in [3.05, 3.63) is 53.7 Å². The fourth-order valence-corrected chi connectivity index (χ4v) is 3.92. The molecule has 0 radical (unpaired) electrons. The van der Waals surface area contributed by atoms with Crippen LogP contribution in [0.25, 0.3) is 22.0 Å². The maximum Gasteiger partial charge on any atom is 0.251 e. The van der Waals surface area contributed by atoms with Crippen LogP contribution in [-0.2, 0) is 0 Å². The van der Waals surface area contributed by atoms with Crippen LogP contribution in [0.4, 0.5) is 5.95 Å². The largest absolute Gasteiger partial charge is 0.349 e. The van der Waals surface area contributed by atoms with E-state index in [2.05, 4.69) is 52.3 Å². The van der Waals surface area contributed by atoms with Crippen molar-refractivity contribution in [2.45, 2.75) is 25.8 Å². The summed E-state index contributed by atoms with van der Waals surface area (Å²) in [5, 5.41) is 4.08. The van der Waals surface area contributed by atoms with Crippen LogP contribution in [0.1, 0.15) is 28.8 Å². The first-order chi connectivity index (χ1) is 14.6. The van der Waals surface area contributed by atoms with E-state index in [-0.39, 0.29) is 5.91 Å². The lowest BCUT2D eigenvalue weighted by atomic mass is 9.97. The second kappa shape index (κ2) is 7.69.